The first-order valence-corrected chi connectivity index (χ1v) is 14.4. The zero-order chi connectivity index (χ0) is 27.1. The summed E-state index contributed by atoms with van der Waals surface area (Å²) in [7, 11) is 0. The molecule has 1 fully saturated rings. The molecule has 1 aliphatic rings. The molecule has 1 amide bonds. The minimum absolute atomic E-state index is 0.0160. The lowest BCUT2D eigenvalue weighted by Crippen LogP contribution is -2.33. The minimum atomic E-state index is -0.0160. The molecule has 3 aromatic rings. The van der Waals surface area contributed by atoms with Gasteiger partial charge < -0.3 is 4.74 Å². The molecule has 0 radical (unpaired) electrons. The molecule has 7 heteroatoms. The lowest BCUT2D eigenvalue weighted by molar-refractivity contribution is -0.122. The fraction of sp³-hybridized carbons (Fsp3) is 0.323. The molecule has 0 bridgehead atoms. The summed E-state index contributed by atoms with van der Waals surface area (Å²) in [6.45, 7) is 11.3. The van der Waals surface area contributed by atoms with Crippen LogP contribution < -0.4 is 4.74 Å². The lowest BCUT2D eigenvalue weighted by Gasteiger charge is -2.21. The standard InChI is InChI=1S/C31H35N3O2S2/c1-5-8-12-23(7-3)20-33-30(35)28(38-31(33)37)19-25-21-34(26-13-10-9-11-14-26)32-29(25)24-15-16-27(22(4)18-24)36-17-6-2/h6,9-11,13-16,18-19,21,23H,2,5,7-8,12,17,20H2,1,3-4H3. The Labute approximate surface area is 235 Å². The number of unbranched alkanes of at least 4 members (excludes halogenated alkanes) is 1. The monoisotopic (exact) mass is 545 g/mol. The maximum absolute atomic E-state index is 13.5. The summed E-state index contributed by atoms with van der Waals surface area (Å²) < 4.78 is 8.26. The molecule has 1 aliphatic heterocycles. The lowest BCUT2D eigenvalue weighted by atomic mass is 9.99. The minimum Gasteiger partial charge on any atom is -0.489 e. The van der Waals surface area contributed by atoms with Crippen LogP contribution in [0.25, 0.3) is 23.0 Å². The Kier molecular flexibility index (Phi) is 9.58. The van der Waals surface area contributed by atoms with Crippen LogP contribution >= 0.6 is 24.0 Å². The number of nitrogens with zero attached hydrogens (tertiary/aromatic N) is 3. The third-order valence-corrected chi connectivity index (χ3v) is 8.09. The van der Waals surface area contributed by atoms with Gasteiger partial charge in [0.15, 0.2) is 0 Å². The maximum atomic E-state index is 13.5. The first-order valence-electron chi connectivity index (χ1n) is 13.2. The maximum Gasteiger partial charge on any atom is 0.266 e. The highest BCUT2D eigenvalue weighted by atomic mass is 32.2. The summed E-state index contributed by atoms with van der Waals surface area (Å²) in [5.41, 5.74) is 4.58. The molecule has 2 heterocycles. The van der Waals surface area contributed by atoms with Crippen LogP contribution in [-0.4, -0.2) is 38.1 Å². The zero-order valence-corrected chi connectivity index (χ0v) is 24.0. The summed E-state index contributed by atoms with van der Waals surface area (Å²) in [4.78, 5) is 15.9. The Bertz CT molecular complexity index is 1330. The number of thioether (sulfide) groups is 1. The Morgan fingerprint density at radius 1 is 1.18 bits per heavy atom. The first-order chi connectivity index (χ1) is 18.4. The topological polar surface area (TPSA) is 47.4 Å². The molecule has 0 spiro atoms. The Morgan fingerprint density at radius 3 is 2.66 bits per heavy atom. The highest BCUT2D eigenvalue weighted by Crippen LogP contribution is 2.36. The van der Waals surface area contributed by atoms with Crippen LogP contribution in [0.5, 0.6) is 5.75 Å². The van der Waals surface area contributed by atoms with Crippen LogP contribution in [0.3, 0.4) is 0 Å². The quantitative estimate of drug-likeness (QED) is 0.132. The molecule has 0 N–H and O–H groups in total. The van der Waals surface area contributed by atoms with Gasteiger partial charge in [0.25, 0.3) is 5.91 Å². The summed E-state index contributed by atoms with van der Waals surface area (Å²) in [5.74, 6) is 1.25. The van der Waals surface area contributed by atoms with Crippen LogP contribution in [0.1, 0.15) is 50.7 Å². The van der Waals surface area contributed by atoms with Crippen molar-refractivity contribution >= 4 is 40.3 Å². The van der Waals surface area contributed by atoms with Gasteiger partial charge in [-0.2, -0.15) is 5.10 Å². The Morgan fingerprint density at radius 2 is 1.97 bits per heavy atom. The van der Waals surface area contributed by atoms with Crippen molar-refractivity contribution in [2.24, 2.45) is 5.92 Å². The predicted octanol–water partition coefficient (Wildman–Crippen LogP) is 7.83. The number of thiocarbonyl (C=S) groups is 1. The van der Waals surface area contributed by atoms with Gasteiger partial charge in [0.05, 0.1) is 10.6 Å². The van der Waals surface area contributed by atoms with Crippen LogP contribution in [-0.2, 0) is 4.79 Å². The average molecular weight is 546 g/mol. The van der Waals surface area contributed by atoms with E-state index in [0.717, 1.165) is 53.1 Å². The molecule has 1 unspecified atom stereocenters. The van der Waals surface area contributed by atoms with Gasteiger partial charge in [-0.3, -0.25) is 9.69 Å². The highest BCUT2D eigenvalue weighted by molar-refractivity contribution is 8.26. The fourth-order valence-corrected chi connectivity index (χ4v) is 5.78. The SMILES string of the molecule is C=CCOc1ccc(-c2nn(-c3ccccc3)cc2C=C2SC(=S)N(CC(CC)CCCC)C2=O)cc1C. The second kappa shape index (κ2) is 13.1. The number of aryl methyl sites for hydroxylation is 1. The number of hydrogen-bond acceptors (Lipinski definition) is 5. The van der Waals surface area contributed by atoms with Crippen molar-refractivity contribution in [3.63, 3.8) is 0 Å². The van der Waals surface area contributed by atoms with Gasteiger partial charge in [0.2, 0.25) is 0 Å². The second-order valence-electron chi connectivity index (χ2n) is 9.50. The van der Waals surface area contributed by atoms with Crippen LogP contribution in [0.4, 0.5) is 0 Å². The molecule has 2 aromatic carbocycles. The molecule has 1 saturated heterocycles. The number of ether oxygens (including phenoxy) is 1. The molecular weight excluding hydrogens is 510 g/mol. The third kappa shape index (κ3) is 6.45. The van der Waals surface area contributed by atoms with Gasteiger partial charge in [-0.25, -0.2) is 4.68 Å². The van der Waals surface area contributed by atoms with Crippen molar-refractivity contribution in [2.45, 2.75) is 46.5 Å². The summed E-state index contributed by atoms with van der Waals surface area (Å²) in [6, 6.07) is 16.0. The first kappa shape index (κ1) is 27.9. The zero-order valence-electron chi connectivity index (χ0n) is 22.4. The fourth-order valence-electron chi connectivity index (χ4n) is 4.51. The van der Waals surface area contributed by atoms with Gasteiger partial charge in [-0.1, -0.05) is 87.9 Å². The molecule has 5 nitrogen and oxygen atoms in total. The van der Waals surface area contributed by atoms with Gasteiger partial charge in [-0.05, 0) is 61.2 Å². The molecule has 4 rings (SSSR count). The molecule has 0 saturated carbocycles. The van der Waals surface area contributed by atoms with E-state index < -0.39 is 0 Å². The number of benzene rings is 2. The van der Waals surface area contributed by atoms with Gasteiger partial charge in [0.1, 0.15) is 22.4 Å². The van der Waals surface area contributed by atoms with Crippen molar-refractivity contribution in [1.29, 1.82) is 0 Å². The van der Waals surface area contributed by atoms with Crippen molar-refractivity contribution < 1.29 is 9.53 Å². The van der Waals surface area contributed by atoms with E-state index in [1.807, 2.05) is 66.3 Å². The predicted molar refractivity (Wildman–Crippen MR) is 163 cm³/mol. The van der Waals surface area contributed by atoms with Crippen LogP contribution in [0.2, 0.25) is 0 Å². The van der Waals surface area contributed by atoms with Gasteiger partial charge >= 0.3 is 0 Å². The number of para-hydroxylation sites is 1. The smallest absolute Gasteiger partial charge is 0.266 e. The molecule has 1 atom stereocenters. The average Bonchev–Trinajstić information content (AvgIpc) is 3.46. The van der Waals surface area contributed by atoms with Crippen LogP contribution in [0, 0.1) is 12.8 Å². The number of amides is 1. The summed E-state index contributed by atoms with van der Waals surface area (Å²) >= 11 is 7.03. The van der Waals surface area contributed by atoms with Gasteiger partial charge in [-0.15, -0.1) is 0 Å². The molecule has 198 valence electrons. The van der Waals surface area contributed by atoms with E-state index in [2.05, 4.69) is 26.5 Å². The third-order valence-electron chi connectivity index (χ3n) is 6.71. The van der Waals surface area contributed by atoms with E-state index in [9.17, 15) is 4.79 Å². The van der Waals surface area contributed by atoms with Gasteiger partial charge in [0, 0.05) is 23.9 Å². The Balaban J connectivity index is 1.69. The molecular formula is C31H35N3O2S2. The normalized spacial score (nSPS) is 15.3. The highest BCUT2D eigenvalue weighted by Gasteiger charge is 2.33. The van der Waals surface area contributed by atoms with Crippen molar-refractivity contribution in [3.05, 3.63) is 83.4 Å². The number of aromatic nitrogens is 2. The number of hydrogen-bond donors (Lipinski definition) is 0. The largest absolute Gasteiger partial charge is 0.489 e. The molecule has 1 aromatic heterocycles. The molecule has 0 aliphatic carbocycles. The summed E-state index contributed by atoms with van der Waals surface area (Å²) in [6.07, 6.45) is 10.1. The molecule has 38 heavy (non-hydrogen) atoms. The second-order valence-corrected chi connectivity index (χ2v) is 11.2. The Hall–Kier alpha value is -3.16. The van der Waals surface area contributed by atoms with E-state index in [4.69, 9.17) is 22.1 Å². The van der Waals surface area contributed by atoms with Crippen molar-refractivity contribution in [1.82, 2.24) is 14.7 Å². The van der Waals surface area contributed by atoms with E-state index in [1.165, 1.54) is 18.2 Å². The van der Waals surface area contributed by atoms with Crippen molar-refractivity contribution in [3.8, 4) is 22.7 Å². The number of rotatable bonds is 12. The van der Waals surface area contributed by atoms with Crippen molar-refractivity contribution in [2.75, 3.05) is 13.2 Å². The van der Waals surface area contributed by atoms with E-state index in [-0.39, 0.29) is 5.91 Å². The van der Waals surface area contributed by atoms with E-state index in [1.54, 1.807) is 11.0 Å². The van der Waals surface area contributed by atoms with E-state index in [0.29, 0.717) is 28.3 Å². The number of carbonyl (C=O) groups excluding carboxylic acids is 1. The number of carbonyl (C=O) groups is 1. The van der Waals surface area contributed by atoms with Crippen LogP contribution in [0.15, 0.2) is 72.3 Å². The summed E-state index contributed by atoms with van der Waals surface area (Å²) in [5, 5.41) is 4.93. The van der Waals surface area contributed by atoms with E-state index >= 15 is 0 Å².